The van der Waals surface area contributed by atoms with Crippen molar-refractivity contribution >= 4 is 58.5 Å². The van der Waals surface area contributed by atoms with Gasteiger partial charge in [-0.3, -0.25) is 19.8 Å². The number of carbonyl (C=O) groups excluding carboxylic acids is 2. The van der Waals surface area contributed by atoms with E-state index in [1.54, 1.807) is 0 Å². The highest BCUT2D eigenvalue weighted by Crippen LogP contribution is 2.34. The molecule has 1 saturated heterocycles. The maximum atomic E-state index is 13.1. The van der Waals surface area contributed by atoms with Crippen molar-refractivity contribution in [2.45, 2.75) is 0 Å². The van der Waals surface area contributed by atoms with Crippen LogP contribution in [0.15, 0.2) is 42.0 Å². The molecule has 2 amide bonds. The number of benzene rings is 2. The van der Waals surface area contributed by atoms with Crippen molar-refractivity contribution in [1.29, 1.82) is 0 Å². The van der Waals surface area contributed by atoms with Crippen molar-refractivity contribution in [3.8, 4) is 11.5 Å². The molecule has 154 valence electrons. The third kappa shape index (κ3) is 3.98. The maximum absolute atomic E-state index is 13.1. The van der Waals surface area contributed by atoms with Crippen LogP contribution >= 0.6 is 23.8 Å². The number of carbonyl (C=O) groups is 3. The number of carboxylic acid groups (broad SMARTS) is 1. The van der Waals surface area contributed by atoms with Crippen LogP contribution in [-0.2, 0) is 9.59 Å². The van der Waals surface area contributed by atoms with Crippen LogP contribution in [0.25, 0.3) is 6.08 Å². The fraction of sp³-hybridized carbons (Fsp3) is 0.100. The molecule has 10 heteroatoms. The number of nitrogens with zero attached hydrogens (tertiary/aromatic N) is 1. The van der Waals surface area contributed by atoms with Crippen LogP contribution in [0.1, 0.15) is 15.9 Å². The number of hydrogen-bond acceptors (Lipinski definition) is 6. The number of carboxylic acids is 1. The number of hydrogen-bond donors (Lipinski definition) is 2. The molecule has 2 aromatic rings. The average molecular weight is 447 g/mol. The highest BCUT2D eigenvalue weighted by Gasteiger charge is 2.34. The number of amides is 2. The maximum Gasteiger partial charge on any atom is 0.335 e. The van der Waals surface area contributed by atoms with Gasteiger partial charge in [-0.25, -0.2) is 4.79 Å². The van der Waals surface area contributed by atoms with Gasteiger partial charge in [-0.2, -0.15) is 0 Å². The zero-order valence-electron chi connectivity index (χ0n) is 15.8. The van der Waals surface area contributed by atoms with Crippen molar-refractivity contribution < 1.29 is 29.0 Å². The van der Waals surface area contributed by atoms with Crippen LogP contribution in [0.3, 0.4) is 0 Å². The Morgan fingerprint density at radius 1 is 1.13 bits per heavy atom. The van der Waals surface area contributed by atoms with Crippen LogP contribution < -0.4 is 19.7 Å². The van der Waals surface area contributed by atoms with E-state index in [2.05, 4.69) is 5.32 Å². The first-order valence-corrected chi connectivity index (χ1v) is 9.21. The van der Waals surface area contributed by atoms with E-state index in [0.29, 0.717) is 22.7 Å². The summed E-state index contributed by atoms with van der Waals surface area (Å²) in [6.45, 7) is 0. The Balaban J connectivity index is 2.03. The zero-order valence-corrected chi connectivity index (χ0v) is 17.3. The van der Waals surface area contributed by atoms with E-state index in [1.165, 1.54) is 56.7 Å². The Morgan fingerprint density at radius 3 is 2.30 bits per heavy atom. The summed E-state index contributed by atoms with van der Waals surface area (Å²) < 4.78 is 10.4. The summed E-state index contributed by atoms with van der Waals surface area (Å²) in [5.41, 5.74) is 0.507. The average Bonchev–Trinajstić information content (AvgIpc) is 2.71. The van der Waals surface area contributed by atoms with Crippen LogP contribution in [0, 0.1) is 0 Å². The topological polar surface area (TPSA) is 105 Å². The second-order valence-electron chi connectivity index (χ2n) is 6.04. The monoisotopic (exact) mass is 446 g/mol. The molecule has 0 spiro atoms. The summed E-state index contributed by atoms with van der Waals surface area (Å²) >= 11 is 11.4. The Bertz CT molecular complexity index is 1100. The van der Waals surface area contributed by atoms with Gasteiger partial charge in [0.05, 0.1) is 30.5 Å². The Morgan fingerprint density at radius 2 is 1.73 bits per heavy atom. The number of methoxy groups -OCH3 is 2. The molecule has 0 bridgehead atoms. The van der Waals surface area contributed by atoms with Gasteiger partial charge < -0.3 is 14.6 Å². The molecular formula is C20H15ClN2O6S. The van der Waals surface area contributed by atoms with E-state index < -0.39 is 17.8 Å². The van der Waals surface area contributed by atoms with Crippen LogP contribution in [-0.4, -0.2) is 42.2 Å². The molecule has 0 saturated carbocycles. The van der Waals surface area contributed by atoms with Gasteiger partial charge in [0.2, 0.25) is 0 Å². The van der Waals surface area contributed by atoms with E-state index in [-0.39, 0.29) is 21.3 Å². The number of thiocarbonyl (C=S) groups is 1. The van der Waals surface area contributed by atoms with E-state index in [4.69, 9.17) is 38.4 Å². The second kappa shape index (κ2) is 8.52. The van der Waals surface area contributed by atoms with Crippen LogP contribution in [0.5, 0.6) is 11.5 Å². The number of anilines is 1. The third-order valence-electron chi connectivity index (χ3n) is 4.28. The van der Waals surface area contributed by atoms with Crippen molar-refractivity contribution in [1.82, 2.24) is 5.32 Å². The first kappa shape index (κ1) is 21.3. The van der Waals surface area contributed by atoms with E-state index >= 15 is 0 Å². The predicted molar refractivity (Wildman–Crippen MR) is 114 cm³/mol. The highest BCUT2D eigenvalue weighted by atomic mass is 35.5. The van der Waals surface area contributed by atoms with Gasteiger partial charge in [0, 0.05) is 6.07 Å². The van der Waals surface area contributed by atoms with Gasteiger partial charge in [0.15, 0.2) is 16.6 Å². The summed E-state index contributed by atoms with van der Waals surface area (Å²) in [6, 6.07) is 8.55. The van der Waals surface area contributed by atoms with Crippen molar-refractivity contribution in [2.75, 3.05) is 19.1 Å². The Hall–Kier alpha value is -3.43. The molecule has 3 rings (SSSR count). The molecule has 0 radical (unpaired) electrons. The summed E-state index contributed by atoms with van der Waals surface area (Å²) in [4.78, 5) is 37.6. The van der Waals surface area contributed by atoms with Gasteiger partial charge in [-0.1, -0.05) is 11.6 Å². The van der Waals surface area contributed by atoms with E-state index in [0.717, 1.165) is 4.90 Å². The molecule has 1 fully saturated rings. The van der Waals surface area contributed by atoms with Crippen molar-refractivity contribution in [2.24, 2.45) is 0 Å². The van der Waals surface area contributed by atoms with Crippen molar-refractivity contribution in [3.05, 3.63) is 58.1 Å². The molecule has 1 aliphatic heterocycles. The smallest absolute Gasteiger partial charge is 0.335 e. The molecule has 0 aliphatic carbocycles. The summed E-state index contributed by atoms with van der Waals surface area (Å²) in [5, 5.41) is 11.6. The van der Waals surface area contributed by atoms with Gasteiger partial charge >= 0.3 is 5.97 Å². The number of aromatic carboxylic acids is 1. The minimum absolute atomic E-state index is 0.0473. The van der Waals surface area contributed by atoms with Gasteiger partial charge in [0.25, 0.3) is 11.8 Å². The fourth-order valence-electron chi connectivity index (χ4n) is 2.78. The first-order chi connectivity index (χ1) is 14.3. The number of ether oxygens (including phenoxy) is 2. The Labute approximate surface area is 181 Å². The second-order valence-corrected chi connectivity index (χ2v) is 6.83. The molecule has 2 N–H and O–H groups in total. The van der Waals surface area contributed by atoms with E-state index in [9.17, 15) is 14.4 Å². The number of rotatable bonds is 5. The molecule has 1 aliphatic rings. The summed E-state index contributed by atoms with van der Waals surface area (Å²) in [5.74, 6) is -1.71. The minimum atomic E-state index is -1.11. The van der Waals surface area contributed by atoms with E-state index in [1.807, 2.05) is 0 Å². The van der Waals surface area contributed by atoms with Gasteiger partial charge in [-0.15, -0.1) is 0 Å². The normalized spacial score (nSPS) is 15.2. The fourth-order valence-corrected chi connectivity index (χ4v) is 3.27. The van der Waals surface area contributed by atoms with Crippen molar-refractivity contribution in [3.63, 3.8) is 0 Å². The molecule has 8 nitrogen and oxygen atoms in total. The molecule has 0 atom stereocenters. The lowest BCUT2D eigenvalue weighted by molar-refractivity contribution is -0.122. The van der Waals surface area contributed by atoms with Crippen LogP contribution in [0.2, 0.25) is 5.02 Å². The highest BCUT2D eigenvalue weighted by molar-refractivity contribution is 7.80. The molecule has 2 aromatic carbocycles. The molecule has 1 heterocycles. The number of nitrogens with one attached hydrogen (secondary N) is 1. The SMILES string of the molecule is COc1cc(Cl)c(/C=C2\C(=O)NC(=S)N(c3ccc(C(=O)O)cc3)C2=O)cc1OC. The lowest BCUT2D eigenvalue weighted by Gasteiger charge is -2.29. The molecule has 30 heavy (non-hydrogen) atoms. The van der Waals surface area contributed by atoms with Crippen LogP contribution in [0.4, 0.5) is 5.69 Å². The first-order valence-electron chi connectivity index (χ1n) is 8.43. The minimum Gasteiger partial charge on any atom is -0.493 e. The largest absolute Gasteiger partial charge is 0.493 e. The molecule has 0 aromatic heterocycles. The standard InChI is InChI=1S/C20H15ClN2O6S/c1-28-15-8-11(14(21)9-16(15)29-2)7-13-17(24)22-20(30)23(18(13)25)12-5-3-10(4-6-12)19(26)27/h3-9H,1-2H3,(H,26,27)(H,22,24,30)/b13-7+. The lowest BCUT2D eigenvalue weighted by Crippen LogP contribution is -2.54. The third-order valence-corrected chi connectivity index (χ3v) is 4.89. The Kier molecular flexibility index (Phi) is 6.04. The summed E-state index contributed by atoms with van der Waals surface area (Å²) in [7, 11) is 2.90. The quantitative estimate of drug-likeness (QED) is 0.413. The zero-order chi connectivity index (χ0) is 22.0. The molecule has 0 unspecified atom stereocenters. The number of halogens is 1. The summed E-state index contributed by atoms with van der Waals surface area (Å²) in [6.07, 6.45) is 1.32. The molecular weight excluding hydrogens is 432 g/mol. The van der Waals surface area contributed by atoms with Gasteiger partial charge in [-0.05, 0) is 54.2 Å². The predicted octanol–water partition coefficient (Wildman–Crippen LogP) is 2.89. The van der Waals surface area contributed by atoms with Gasteiger partial charge in [0.1, 0.15) is 5.57 Å². The lowest BCUT2D eigenvalue weighted by atomic mass is 10.1.